The van der Waals surface area contributed by atoms with Gasteiger partial charge >= 0.3 is 0 Å². The van der Waals surface area contributed by atoms with E-state index in [0.717, 1.165) is 5.56 Å². The molecule has 2 aromatic carbocycles. The fourth-order valence-electron chi connectivity index (χ4n) is 1.96. The average molecular weight is 269 g/mol. The van der Waals surface area contributed by atoms with Gasteiger partial charge in [0.1, 0.15) is 0 Å². The van der Waals surface area contributed by atoms with Crippen molar-refractivity contribution in [1.29, 1.82) is 0 Å². The lowest BCUT2D eigenvalue weighted by Crippen LogP contribution is -2.02. The monoisotopic (exact) mass is 269 g/mol. The van der Waals surface area contributed by atoms with Gasteiger partial charge in [-0.05, 0) is 25.1 Å². The molecule has 0 saturated heterocycles. The standard InChI is InChI=1S/C15H11NO2S/c1-10-2-4-11(5-3-10)15(17)12-6-7-13-14(8-12)19(18)9-16-13/h2-9H,1H3. The van der Waals surface area contributed by atoms with Gasteiger partial charge in [0.2, 0.25) is 0 Å². The van der Waals surface area contributed by atoms with Crippen molar-refractivity contribution >= 4 is 27.8 Å². The number of carbonyl (C=O) groups is 1. The first-order chi connectivity index (χ1) is 9.15. The first-order valence-electron chi connectivity index (χ1n) is 5.85. The minimum atomic E-state index is -1.23. The molecule has 1 aliphatic heterocycles. The molecule has 0 amide bonds. The summed E-state index contributed by atoms with van der Waals surface area (Å²) in [6.07, 6.45) is 0. The second kappa shape index (κ2) is 4.55. The van der Waals surface area contributed by atoms with Crippen LogP contribution in [0.2, 0.25) is 0 Å². The summed E-state index contributed by atoms with van der Waals surface area (Å²) in [5, 5.41) is 0. The highest BCUT2D eigenvalue weighted by atomic mass is 32.2. The molecule has 1 atom stereocenters. The van der Waals surface area contributed by atoms with Crippen LogP contribution in [-0.4, -0.2) is 15.5 Å². The summed E-state index contributed by atoms with van der Waals surface area (Å²) in [6, 6.07) is 12.5. The number of hydrogen-bond donors (Lipinski definition) is 0. The van der Waals surface area contributed by atoms with Crippen LogP contribution in [0.3, 0.4) is 0 Å². The largest absolute Gasteiger partial charge is 0.289 e. The predicted octanol–water partition coefficient (Wildman–Crippen LogP) is 3.01. The molecular formula is C15H11NO2S. The number of fused-ring (bicyclic) bond motifs is 1. The highest BCUT2D eigenvalue weighted by Gasteiger charge is 2.17. The summed E-state index contributed by atoms with van der Waals surface area (Å²) < 4.78 is 11.7. The van der Waals surface area contributed by atoms with Gasteiger partial charge in [0, 0.05) is 11.1 Å². The van der Waals surface area contributed by atoms with Crippen LogP contribution in [0.4, 0.5) is 5.69 Å². The van der Waals surface area contributed by atoms with Crippen LogP contribution in [0.25, 0.3) is 0 Å². The first kappa shape index (κ1) is 12.0. The second-order valence-electron chi connectivity index (χ2n) is 4.41. The molecule has 19 heavy (non-hydrogen) atoms. The molecular weight excluding hydrogens is 258 g/mol. The second-order valence-corrected chi connectivity index (χ2v) is 5.66. The fraction of sp³-hybridized carbons (Fsp3) is 0.0667. The van der Waals surface area contributed by atoms with Crippen LogP contribution < -0.4 is 0 Å². The molecule has 1 heterocycles. The van der Waals surface area contributed by atoms with Gasteiger partial charge < -0.3 is 0 Å². The number of hydrogen-bond acceptors (Lipinski definition) is 3. The third-order valence-corrected chi connectivity index (χ3v) is 4.10. The van der Waals surface area contributed by atoms with Crippen LogP contribution in [0.15, 0.2) is 52.4 Å². The van der Waals surface area contributed by atoms with Crippen LogP contribution >= 0.6 is 0 Å². The van der Waals surface area contributed by atoms with Crippen LogP contribution in [0, 0.1) is 6.92 Å². The minimum Gasteiger partial charge on any atom is -0.289 e. The maximum atomic E-state index is 12.3. The van der Waals surface area contributed by atoms with E-state index in [9.17, 15) is 9.00 Å². The maximum absolute atomic E-state index is 12.3. The topological polar surface area (TPSA) is 46.5 Å². The molecule has 1 aliphatic rings. The van der Waals surface area contributed by atoms with Crippen molar-refractivity contribution in [2.24, 2.45) is 4.99 Å². The molecule has 3 nitrogen and oxygen atoms in total. The molecule has 1 unspecified atom stereocenters. The van der Waals surface area contributed by atoms with E-state index in [0.29, 0.717) is 21.7 Å². The molecule has 0 saturated carbocycles. The Labute approximate surface area is 113 Å². The number of ketones is 1. The Kier molecular flexibility index (Phi) is 2.87. The molecule has 2 aromatic rings. The number of carbonyl (C=O) groups excluding carboxylic acids is 1. The molecule has 0 fully saturated rings. The summed E-state index contributed by atoms with van der Waals surface area (Å²) in [6.45, 7) is 1.98. The highest BCUT2D eigenvalue weighted by Crippen LogP contribution is 2.29. The van der Waals surface area contributed by atoms with Crippen molar-refractivity contribution in [3.8, 4) is 0 Å². The third-order valence-electron chi connectivity index (χ3n) is 3.04. The Hall–Kier alpha value is -2.07. The molecule has 4 heteroatoms. The van der Waals surface area contributed by atoms with Crippen molar-refractivity contribution in [2.75, 3.05) is 0 Å². The summed E-state index contributed by atoms with van der Waals surface area (Å²) in [7, 11) is -1.23. The number of benzene rings is 2. The van der Waals surface area contributed by atoms with Gasteiger partial charge in [-0.25, -0.2) is 9.20 Å². The lowest BCUT2D eigenvalue weighted by atomic mass is 10.0. The van der Waals surface area contributed by atoms with E-state index in [1.165, 1.54) is 5.55 Å². The van der Waals surface area contributed by atoms with Crippen LogP contribution in [0.5, 0.6) is 0 Å². The zero-order valence-corrected chi connectivity index (χ0v) is 11.1. The minimum absolute atomic E-state index is 0.0632. The molecule has 0 aliphatic carbocycles. The molecule has 0 aromatic heterocycles. The predicted molar refractivity (Wildman–Crippen MR) is 75.6 cm³/mol. The van der Waals surface area contributed by atoms with Crippen molar-refractivity contribution in [1.82, 2.24) is 0 Å². The Bertz CT molecular complexity index is 717. The summed E-state index contributed by atoms with van der Waals surface area (Å²) in [4.78, 5) is 17.0. The Morgan fingerprint density at radius 1 is 1.05 bits per heavy atom. The van der Waals surface area contributed by atoms with Crippen LogP contribution in [-0.2, 0) is 10.8 Å². The normalized spacial score (nSPS) is 16.4. The molecule has 0 bridgehead atoms. The zero-order valence-electron chi connectivity index (χ0n) is 10.3. The molecule has 0 spiro atoms. The Morgan fingerprint density at radius 3 is 2.47 bits per heavy atom. The molecule has 0 N–H and O–H groups in total. The van der Waals surface area contributed by atoms with Gasteiger partial charge in [0.05, 0.1) is 26.9 Å². The van der Waals surface area contributed by atoms with Crippen molar-refractivity contribution in [3.05, 3.63) is 59.2 Å². The van der Waals surface area contributed by atoms with Gasteiger partial charge in [-0.3, -0.25) is 4.79 Å². The maximum Gasteiger partial charge on any atom is 0.193 e. The molecule has 94 valence electrons. The van der Waals surface area contributed by atoms with Gasteiger partial charge in [-0.2, -0.15) is 0 Å². The van der Waals surface area contributed by atoms with E-state index >= 15 is 0 Å². The third kappa shape index (κ3) is 2.15. The van der Waals surface area contributed by atoms with Crippen molar-refractivity contribution in [3.63, 3.8) is 0 Å². The number of rotatable bonds is 2. The smallest absolute Gasteiger partial charge is 0.193 e. The quantitative estimate of drug-likeness (QED) is 0.787. The first-order valence-corrected chi connectivity index (χ1v) is 7.06. The summed E-state index contributed by atoms with van der Waals surface area (Å²) in [5.74, 6) is -0.0632. The fourth-order valence-corrected chi connectivity index (χ4v) is 2.85. The van der Waals surface area contributed by atoms with E-state index in [-0.39, 0.29) is 5.78 Å². The van der Waals surface area contributed by atoms with Gasteiger partial charge in [0.25, 0.3) is 0 Å². The zero-order chi connectivity index (χ0) is 13.4. The van der Waals surface area contributed by atoms with E-state index in [4.69, 9.17) is 0 Å². The summed E-state index contributed by atoms with van der Waals surface area (Å²) in [5.41, 5.74) is 4.36. The van der Waals surface area contributed by atoms with Crippen molar-refractivity contribution in [2.45, 2.75) is 11.8 Å². The van der Waals surface area contributed by atoms with Gasteiger partial charge in [0.15, 0.2) is 5.78 Å². The lowest BCUT2D eigenvalue weighted by Gasteiger charge is -2.03. The summed E-state index contributed by atoms with van der Waals surface area (Å²) >= 11 is 0. The lowest BCUT2D eigenvalue weighted by molar-refractivity contribution is 0.103. The van der Waals surface area contributed by atoms with E-state index in [2.05, 4.69) is 4.99 Å². The molecule has 0 radical (unpaired) electrons. The number of aryl methyl sites for hydroxylation is 1. The van der Waals surface area contributed by atoms with Gasteiger partial charge in [-0.15, -0.1) is 0 Å². The SMILES string of the molecule is Cc1ccc(C(=O)c2ccc3c(c2)S(=O)C=N3)cc1. The highest BCUT2D eigenvalue weighted by molar-refractivity contribution is 7.99. The average Bonchev–Trinajstić information content (AvgIpc) is 2.80. The number of aliphatic imine (C=N–C) groups is 1. The Balaban J connectivity index is 1.99. The van der Waals surface area contributed by atoms with Crippen molar-refractivity contribution < 1.29 is 9.00 Å². The molecule has 3 rings (SSSR count). The van der Waals surface area contributed by atoms with E-state index in [1.807, 2.05) is 19.1 Å². The van der Waals surface area contributed by atoms with E-state index in [1.54, 1.807) is 30.3 Å². The van der Waals surface area contributed by atoms with Gasteiger partial charge in [-0.1, -0.05) is 29.8 Å². The van der Waals surface area contributed by atoms with Crippen LogP contribution in [0.1, 0.15) is 21.5 Å². The van der Waals surface area contributed by atoms with E-state index < -0.39 is 10.8 Å². The Morgan fingerprint density at radius 2 is 1.74 bits per heavy atom. The number of nitrogens with zero attached hydrogens (tertiary/aromatic N) is 1.